The summed E-state index contributed by atoms with van der Waals surface area (Å²) in [7, 11) is 0. The molecule has 0 unspecified atom stereocenters. The normalized spacial score (nSPS) is 8.83. The summed E-state index contributed by atoms with van der Waals surface area (Å²) in [6, 6.07) is 6.72. The third-order valence-corrected chi connectivity index (χ3v) is 1.82. The molecule has 0 radical (unpaired) electrons. The van der Waals surface area contributed by atoms with Gasteiger partial charge in [-0.15, -0.1) is 0 Å². The van der Waals surface area contributed by atoms with Gasteiger partial charge in [0.05, 0.1) is 12.2 Å². The van der Waals surface area contributed by atoms with Crippen LogP contribution in [-0.2, 0) is 9.53 Å². The fraction of sp³-hybridized carbons (Fsp3) is 0.385. The van der Waals surface area contributed by atoms with Gasteiger partial charge in [0.2, 0.25) is 5.91 Å². The van der Waals surface area contributed by atoms with Crippen molar-refractivity contribution in [2.24, 2.45) is 0 Å². The predicted octanol–water partition coefficient (Wildman–Crippen LogP) is 1.59. The molecule has 0 atom stereocenters. The number of nitrogens with one attached hydrogen (secondary N) is 1. The SMILES string of the molecule is CCNC(C)=O.CCOC(=O)c1cccc(N)c1. The van der Waals surface area contributed by atoms with E-state index in [2.05, 4.69) is 5.32 Å². The van der Waals surface area contributed by atoms with E-state index in [1.165, 1.54) is 6.92 Å². The number of ether oxygens (including phenoxy) is 1. The van der Waals surface area contributed by atoms with Gasteiger partial charge in [0, 0.05) is 19.2 Å². The zero-order chi connectivity index (χ0) is 14.0. The van der Waals surface area contributed by atoms with Crippen molar-refractivity contribution in [1.82, 2.24) is 5.32 Å². The van der Waals surface area contributed by atoms with E-state index in [1.807, 2.05) is 6.92 Å². The first-order valence-corrected chi connectivity index (χ1v) is 5.78. The molecule has 100 valence electrons. The lowest BCUT2D eigenvalue weighted by Crippen LogP contribution is -2.18. The molecule has 0 aromatic heterocycles. The van der Waals surface area contributed by atoms with Crippen molar-refractivity contribution in [3.63, 3.8) is 0 Å². The number of carbonyl (C=O) groups is 2. The number of hydrogen-bond acceptors (Lipinski definition) is 4. The molecule has 0 bridgehead atoms. The Morgan fingerprint density at radius 1 is 1.33 bits per heavy atom. The number of nitrogen functional groups attached to an aromatic ring is 1. The third-order valence-electron chi connectivity index (χ3n) is 1.82. The van der Waals surface area contributed by atoms with Gasteiger partial charge in [0.25, 0.3) is 0 Å². The molecular formula is C13H20N2O3. The van der Waals surface area contributed by atoms with Crippen molar-refractivity contribution >= 4 is 17.6 Å². The molecule has 5 heteroatoms. The van der Waals surface area contributed by atoms with Crippen molar-refractivity contribution < 1.29 is 14.3 Å². The van der Waals surface area contributed by atoms with Crippen molar-refractivity contribution in [1.29, 1.82) is 0 Å². The fourth-order valence-corrected chi connectivity index (χ4v) is 1.13. The van der Waals surface area contributed by atoms with E-state index >= 15 is 0 Å². The molecule has 0 aliphatic rings. The highest BCUT2D eigenvalue weighted by molar-refractivity contribution is 5.90. The number of anilines is 1. The van der Waals surface area contributed by atoms with Crippen LogP contribution in [-0.4, -0.2) is 25.0 Å². The first-order chi connectivity index (χ1) is 8.51. The molecular weight excluding hydrogens is 232 g/mol. The highest BCUT2D eigenvalue weighted by atomic mass is 16.5. The Hall–Kier alpha value is -2.04. The van der Waals surface area contributed by atoms with E-state index in [0.717, 1.165) is 6.54 Å². The van der Waals surface area contributed by atoms with Crippen molar-refractivity contribution in [2.45, 2.75) is 20.8 Å². The Kier molecular flexibility index (Phi) is 8.01. The highest BCUT2D eigenvalue weighted by Crippen LogP contribution is 2.07. The van der Waals surface area contributed by atoms with E-state index in [0.29, 0.717) is 17.9 Å². The number of amides is 1. The Morgan fingerprint density at radius 3 is 2.39 bits per heavy atom. The van der Waals surface area contributed by atoms with Crippen LogP contribution in [0.2, 0.25) is 0 Å². The van der Waals surface area contributed by atoms with E-state index in [9.17, 15) is 9.59 Å². The van der Waals surface area contributed by atoms with Crippen LogP contribution in [0.5, 0.6) is 0 Å². The number of nitrogens with two attached hydrogens (primary N) is 1. The molecule has 1 amide bonds. The summed E-state index contributed by atoms with van der Waals surface area (Å²) < 4.78 is 4.79. The van der Waals surface area contributed by atoms with E-state index in [-0.39, 0.29) is 11.9 Å². The maximum Gasteiger partial charge on any atom is 0.338 e. The minimum Gasteiger partial charge on any atom is -0.462 e. The van der Waals surface area contributed by atoms with Gasteiger partial charge in [0.1, 0.15) is 0 Å². The Morgan fingerprint density at radius 2 is 2.00 bits per heavy atom. The van der Waals surface area contributed by atoms with Crippen molar-refractivity contribution in [2.75, 3.05) is 18.9 Å². The monoisotopic (exact) mass is 252 g/mol. The van der Waals surface area contributed by atoms with E-state index in [4.69, 9.17) is 10.5 Å². The molecule has 3 N–H and O–H groups in total. The summed E-state index contributed by atoms with van der Waals surface area (Å²) in [5.74, 6) is -0.290. The van der Waals surface area contributed by atoms with Crippen molar-refractivity contribution in [3.05, 3.63) is 29.8 Å². The largest absolute Gasteiger partial charge is 0.462 e. The van der Waals surface area contributed by atoms with Crippen LogP contribution in [0.3, 0.4) is 0 Å². The molecule has 0 saturated heterocycles. The number of hydrogen-bond donors (Lipinski definition) is 2. The Balaban J connectivity index is 0.000000411. The van der Waals surface area contributed by atoms with Crippen LogP contribution < -0.4 is 11.1 Å². The average Bonchev–Trinajstić information content (AvgIpc) is 2.30. The molecule has 0 heterocycles. The third kappa shape index (κ3) is 7.27. The standard InChI is InChI=1S/C9H11NO2.C4H9NO/c1-2-12-9(11)7-4-3-5-8(10)6-7;1-3-5-4(2)6/h3-6H,2,10H2,1H3;3H2,1-2H3,(H,5,6). The molecule has 1 aromatic rings. The fourth-order valence-electron chi connectivity index (χ4n) is 1.13. The smallest absolute Gasteiger partial charge is 0.338 e. The molecule has 0 aliphatic carbocycles. The highest BCUT2D eigenvalue weighted by Gasteiger charge is 2.04. The topological polar surface area (TPSA) is 81.4 Å². The minimum absolute atomic E-state index is 0.0394. The first-order valence-electron chi connectivity index (χ1n) is 5.78. The molecule has 0 spiro atoms. The minimum atomic E-state index is -0.329. The Labute approximate surface area is 107 Å². The second-order valence-electron chi connectivity index (χ2n) is 3.43. The maximum atomic E-state index is 11.1. The van der Waals surface area contributed by atoms with E-state index in [1.54, 1.807) is 31.2 Å². The van der Waals surface area contributed by atoms with Gasteiger partial charge in [-0.25, -0.2) is 4.79 Å². The molecule has 18 heavy (non-hydrogen) atoms. The number of esters is 1. The van der Waals surface area contributed by atoms with Gasteiger partial charge in [0.15, 0.2) is 0 Å². The molecule has 1 aromatic carbocycles. The first kappa shape index (κ1) is 16.0. The van der Waals surface area contributed by atoms with E-state index < -0.39 is 0 Å². The van der Waals surface area contributed by atoms with Gasteiger partial charge in [-0.1, -0.05) is 6.07 Å². The lowest BCUT2D eigenvalue weighted by molar-refractivity contribution is -0.118. The number of benzene rings is 1. The second kappa shape index (κ2) is 9.04. The van der Waals surface area contributed by atoms with Gasteiger partial charge < -0.3 is 15.8 Å². The number of carbonyl (C=O) groups excluding carboxylic acids is 2. The summed E-state index contributed by atoms with van der Waals surface area (Å²) in [4.78, 5) is 21.1. The molecule has 0 aliphatic heterocycles. The zero-order valence-corrected chi connectivity index (χ0v) is 11.0. The predicted molar refractivity (Wildman–Crippen MR) is 71.2 cm³/mol. The molecule has 1 rings (SSSR count). The lowest BCUT2D eigenvalue weighted by Gasteiger charge is -2.01. The van der Waals surface area contributed by atoms with Crippen LogP contribution in [0.1, 0.15) is 31.1 Å². The molecule has 0 saturated carbocycles. The summed E-state index contributed by atoms with van der Waals surface area (Å²) in [6.07, 6.45) is 0. The van der Waals surface area contributed by atoms with Crippen LogP contribution in [0.4, 0.5) is 5.69 Å². The Bertz CT molecular complexity index is 392. The van der Waals surface area contributed by atoms with Crippen LogP contribution in [0, 0.1) is 0 Å². The number of rotatable bonds is 3. The quantitative estimate of drug-likeness (QED) is 0.632. The molecule has 5 nitrogen and oxygen atoms in total. The van der Waals surface area contributed by atoms with Gasteiger partial charge in [-0.2, -0.15) is 0 Å². The lowest BCUT2D eigenvalue weighted by atomic mass is 10.2. The van der Waals surface area contributed by atoms with Gasteiger partial charge >= 0.3 is 5.97 Å². The summed E-state index contributed by atoms with van der Waals surface area (Å²) in [5, 5.41) is 2.57. The second-order valence-corrected chi connectivity index (χ2v) is 3.43. The summed E-state index contributed by atoms with van der Waals surface area (Å²) in [5.41, 5.74) is 6.55. The van der Waals surface area contributed by atoms with Gasteiger partial charge in [-0.05, 0) is 32.0 Å². The van der Waals surface area contributed by atoms with Crippen molar-refractivity contribution in [3.8, 4) is 0 Å². The summed E-state index contributed by atoms with van der Waals surface area (Å²) >= 11 is 0. The van der Waals surface area contributed by atoms with Crippen LogP contribution in [0.15, 0.2) is 24.3 Å². The average molecular weight is 252 g/mol. The van der Waals surface area contributed by atoms with Gasteiger partial charge in [-0.3, -0.25) is 4.79 Å². The van der Waals surface area contributed by atoms with Crippen LogP contribution >= 0.6 is 0 Å². The zero-order valence-electron chi connectivity index (χ0n) is 11.0. The van der Waals surface area contributed by atoms with Crippen LogP contribution in [0.25, 0.3) is 0 Å². The maximum absolute atomic E-state index is 11.1. The summed E-state index contributed by atoms with van der Waals surface area (Å²) in [6.45, 7) is 6.28. The molecule has 0 fully saturated rings.